The third kappa shape index (κ3) is 5.79. The number of amides is 1. The predicted molar refractivity (Wildman–Crippen MR) is 81.3 cm³/mol. The first-order valence-corrected chi connectivity index (χ1v) is 6.82. The van der Waals surface area contributed by atoms with Crippen LogP contribution in [0.2, 0.25) is 0 Å². The Labute approximate surface area is 124 Å². The van der Waals surface area contributed by atoms with Crippen LogP contribution < -0.4 is 5.32 Å². The molecule has 1 amide bonds. The van der Waals surface area contributed by atoms with Gasteiger partial charge in [0.05, 0.1) is 12.7 Å². The molecule has 0 heterocycles. The molecule has 0 fully saturated rings. The van der Waals surface area contributed by atoms with Crippen molar-refractivity contribution < 1.29 is 19.4 Å². The summed E-state index contributed by atoms with van der Waals surface area (Å²) in [6, 6.07) is 5.22. The number of benzene rings is 1. The van der Waals surface area contributed by atoms with E-state index in [0.717, 1.165) is 11.6 Å². The average molecular weight is 291 g/mol. The van der Waals surface area contributed by atoms with Gasteiger partial charge in [0.1, 0.15) is 0 Å². The van der Waals surface area contributed by atoms with Gasteiger partial charge in [-0.2, -0.15) is 0 Å². The highest BCUT2D eigenvalue weighted by molar-refractivity contribution is 5.97. The van der Waals surface area contributed by atoms with Gasteiger partial charge in [-0.15, -0.1) is 0 Å². The van der Waals surface area contributed by atoms with Crippen LogP contribution in [0.4, 0.5) is 0 Å². The zero-order valence-electron chi connectivity index (χ0n) is 12.6. The van der Waals surface area contributed by atoms with Gasteiger partial charge < -0.3 is 15.2 Å². The molecule has 0 aliphatic carbocycles. The van der Waals surface area contributed by atoms with Crippen LogP contribution in [0.25, 0.3) is 6.08 Å². The smallest absolute Gasteiger partial charge is 0.328 e. The van der Waals surface area contributed by atoms with Gasteiger partial charge in [0.2, 0.25) is 0 Å². The number of carboxylic acids is 1. The molecule has 0 bridgehead atoms. The highest BCUT2D eigenvalue weighted by Crippen LogP contribution is 2.15. The summed E-state index contributed by atoms with van der Waals surface area (Å²) in [6.07, 6.45) is 2.67. The second-order valence-electron chi connectivity index (χ2n) is 4.87. The van der Waals surface area contributed by atoms with Crippen molar-refractivity contribution in [3.05, 3.63) is 41.0 Å². The highest BCUT2D eigenvalue weighted by atomic mass is 16.5. The van der Waals surface area contributed by atoms with Gasteiger partial charge in [0.25, 0.3) is 5.91 Å². The van der Waals surface area contributed by atoms with Crippen molar-refractivity contribution in [3.8, 4) is 0 Å². The Balaban J connectivity index is 2.72. The van der Waals surface area contributed by atoms with Gasteiger partial charge in [-0.1, -0.05) is 12.1 Å². The molecule has 0 atom stereocenters. The third-order valence-corrected chi connectivity index (χ3v) is 2.86. The standard InChI is InChI=1S/C16H21NO4/c1-11(2)21-10-9-17-16(20)14-6-4-5-13(12(14)3)7-8-15(18)19/h4-8,11H,9-10H2,1-3H3,(H,17,20)(H,18,19)/b8-7+. The summed E-state index contributed by atoms with van der Waals surface area (Å²) in [5.74, 6) is -1.21. The molecule has 1 rings (SSSR count). The zero-order chi connectivity index (χ0) is 15.8. The van der Waals surface area contributed by atoms with Gasteiger partial charge in [0, 0.05) is 18.2 Å². The fraction of sp³-hybridized carbons (Fsp3) is 0.375. The number of hydrogen-bond acceptors (Lipinski definition) is 3. The highest BCUT2D eigenvalue weighted by Gasteiger charge is 2.10. The normalized spacial score (nSPS) is 11.0. The van der Waals surface area contributed by atoms with E-state index in [1.807, 2.05) is 13.8 Å². The third-order valence-electron chi connectivity index (χ3n) is 2.86. The van der Waals surface area contributed by atoms with E-state index in [1.54, 1.807) is 25.1 Å². The fourth-order valence-corrected chi connectivity index (χ4v) is 1.80. The Kier molecular flexibility index (Phi) is 6.62. The second kappa shape index (κ2) is 8.21. The maximum atomic E-state index is 12.1. The molecule has 5 heteroatoms. The zero-order valence-corrected chi connectivity index (χ0v) is 12.6. The van der Waals surface area contributed by atoms with E-state index in [4.69, 9.17) is 9.84 Å². The maximum Gasteiger partial charge on any atom is 0.328 e. The Morgan fingerprint density at radius 2 is 2.10 bits per heavy atom. The summed E-state index contributed by atoms with van der Waals surface area (Å²) < 4.78 is 5.36. The van der Waals surface area contributed by atoms with Crippen molar-refractivity contribution in [3.63, 3.8) is 0 Å². The summed E-state index contributed by atoms with van der Waals surface area (Å²) in [5.41, 5.74) is 1.99. The molecule has 0 aliphatic rings. The summed E-state index contributed by atoms with van der Waals surface area (Å²) in [4.78, 5) is 22.6. The van der Waals surface area contributed by atoms with Crippen LogP contribution in [0, 0.1) is 6.92 Å². The van der Waals surface area contributed by atoms with Gasteiger partial charge in [-0.3, -0.25) is 4.79 Å². The molecule has 0 aliphatic heterocycles. The number of nitrogens with one attached hydrogen (secondary N) is 1. The van der Waals surface area contributed by atoms with Gasteiger partial charge >= 0.3 is 5.97 Å². The molecule has 114 valence electrons. The molecule has 0 aromatic heterocycles. The Morgan fingerprint density at radius 1 is 1.38 bits per heavy atom. The van der Waals surface area contributed by atoms with Gasteiger partial charge in [0.15, 0.2) is 0 Å². The van der Waals surface area contributed by atoms with E-state index < -0.39 is 5.97 Å². The molecule has 2 N–H and O–H groups in total. The first-order valence-electron chi connectivity index (χ1n) is 6.82. The lowest BCUT2D eigenvalue weighted by atomic mass is 10.0. The SMILES string of the molecule is Cc1c(/C=C/C(=O)O)cccc1C(=O)NCCOC(C)C. The van der Waals surface area contributed by atoms with E-state index in [9.17, 15) is 9.59 Å². The van der Waals surface area contributed by atoms with Crippen LogP contribution >= 0.6 is 0 Å². The summed E-state index contributed by atoms with van der Waals surface area (Å²) in [7, 11) is 0. The lowest BCUT2D eigenvalue weighted by molar-refractivity contribution is -0.131. The van der Waals surface area contributed by atoms with Crippen molar-refractivity contribution in [1.82, 2.24) is 5.32 Å². The van der Waals surface area contributed by atoms with Crippen LogP contribution in [0.3, 0.4) is 0 Å². The molecular formula is C16H21NO4. The lowest BCUT2D eigenvalue weighted by Gasteiger charge is -2.11. The monoisotopic (exact) mass is 291 g/mol. The number of ether oxygens (including phenoxy) is 1. The topological polar surface area (TPSA) is 75.6 Å². The van der Waals surface area contributed by atoms with E-state index in [-0.39, 0.29) is 12.0 Å². The first-order chi connectivity index (χ1) is 9.91. The van der Waals surface area contributed by atoms with Crippen LogP contribution in [0.5, 0.6) is 0 Å². The van der Waals surface area contributed by atoms with Crippen molar-refractivity contribution in [1.29, 1.82) is 0 Å². The van der Waals surface area contributed by atoms with Crippen LogP contribution in [-0.4, -0.2) is 36.2 Å². The van der Waals surface area contributed by atoms with E-state index in [2.05, 4.69) is 5.32 Å². The summed E-state index contributed by atoms with van der Waals surface area (Å²) in [5, 5.41) is 11.4. The molecule has 0 radical (unpaired) electrons. The minimum absolute atomic E-state index is 0.133. The number of hydrogen-bond donors (Lipinski definition) is 2. The lowest BCUT2D eigenvalue weighted by Crippen LogP contribution is -2.28. The second-order valence-corrected chi connectivity index (χ2v) is 4.87. The van der Waals surface area contributed by atoms with E-state index in [1.165, 1.54) is 6.08 Å². The van der Waals surface area contributed by atoms with E-state index >= 15 is 0 Å². The number of aliphatic carboxylic acids is 1. The molecule has 1 aromatic rings. The first kappa shape index (κ1) is 16.9. The van der Waals surface area contributed by atoms with Crippen molar-refractivity contribution >= 4 is 18.0 Å². The maximum absolute atomic E-state index is 12.1. The summed E-state index contributed by atoms with van der Waals surface area (Å²) in [6.45, 7) is 6.56. The minimum atomic E-state index is -1.02. The number of carboxylic acid groups (broad SMARTS) is 1. The average Bonchev–Trinajstić information content (AvgIpc) is 2.42. The molecule has 5 nitrogen and oxygen atoms in total. The minimum Gasteiger partial charge on any atom is -0.478 e. The Bertz CT molecular complexity index is 535. The van der Waals surface area contributed by atoms with Crippen molar-refractivity contribution in [2.45, 2.75) is 26.9 Å². The Hall–Kier alpha value is -2.14. The molecular weight excluding hydrogens is 270 g/mol. The van der Waals surface area contributed by atoms with Crippen LogP contribution in [0.1, 0.15) is 35.3 Å². The fourth-order valence-electron chi connectivity index (χ4n) is 1.80. The number of rotatable bonds is 7. The predicted octanol–water partition coefficient (Wildman–Crippen LogP) is 2.25. The molecule has 0 saturated heterocycles. The number of carbonyl (C=O) groups is 2. The summed E-state index contributed by atoms with van der Waals surface area (Å²) >= 11 is 0. The van der Waals surface area contributed by atoms with Crippen LogP contribution in [-0.2, 0) is 9.53 Å². The van der Waals surface area contributed by atoms with Crippen LogP contribution in [0.15, 0.2) is 24.3 Å². The largest absolute Gasteiger partial charge is 0.478 e. The van der Waals surface area contributed by atoms with Gasteiger partial charge in [-0.05, 0) is 44.0 Å². The van der Waals surface area contributed by atoms with E-state index in [0.29, 0.717) is 24.3 Å². The molecule has 0 spiro atoms. The quantitative estimate of drug-likeness (QED) is 0.597. The van der Waals surface area contributed by atoms with Crippen molar-refractivity contribution in [2.24, 2.45) is 0 Å². The van der Waals surface area contributed by atoms with Gasteiger partial charge in [-0.25, -0.2) is 4.79 Å². The molecule has 1 aromatic carbocycles. The van der Waals surface area contributed by atoms with Crippen molar-refractivity contribution in [2.75, 3.05) is 13.2 Å². The molecule has 0 saturated carbocycles. The Morgan fingerprint density at radius 3 is 2.71 bits per heavy atom. The molecule has 21 heavy (non-hydrogen) atoms. The molecule has 0 unspecified atom stereocenters. The number of carbonyl (C=O) groups excluding carboxylic acids is 1.